The maximum absolute atomic E-state index is 12.5. The molecule has 2 heterocycles. The van der Waals surface area contributed by atoms with Crippen molar-refractivity contribution >= 4 is 30.4 Å². The Balaban J connectivity index is 1.88. The number of amides is 2. The predicted octanol–water partition coefficient (Wildman–Crippen LogP) is -0.0289. The summed E-state index contributed by atoms with van der Waals surface area (Å²) < 4.78 is 16.4. The van der Waals surface area contributed by atoms with Crippen LogP contribution in [0.1, 0.15) is 33.1 Å². The van der Waals surface area contributed by atoms with Crippen LogP contribution < -0.4 is 10.6 Å². The molecular formula is C15H24N2O6S. The molecule has 136 valence electrons. The van der Waals surface area contributed by atoms with Gasteiger partial charge in [0.25, 0.3) is 0 Å². The molecular weight excluding hydrogens is 336 g/mol. The van der Waals surface area contributed by atoms with Crippen LogP contribution >= 0.6 is 12.6 Å². The molecule has 2 rings (SSSR count). The van der Waals surface area contributed by atoms with E-state index in [2.05, 4.69) is 23.3 Å². The van der Waals surface area contributed by atoms with Gasteiger partial charge in [0, 0.05) is 30.7 Å². The quantitative estimate of drug-likeness (QED) is 0.454. The Kier molecular flexibility index (Phi) is 6.11. The molecule has 2 saturated heterocycles. The van der Waals surface area contributed by atoms with Crippen molar-refractivity contribution in [2.24, 2.45) is 5.41 Å². The largest absolute Gasteiger partial charge is 0.408 e. The summed E-state index contributed by atoms with van der Waals surface area (Å²) >= 11 is 4.00. The van der Waals surface area contributed by atoms with Crippen LogP contribution in [0.5, 0.6) is 0 Å². The first-order valence-electron chi connectivity index (χ1n) is 7.97. The van der Waals surface area contributed by atoms with Crippen molar-refractivity contribution in [2.75, 3.05) is 25.4 Å². The van der Waals surface area contributed by atoms with E-state index >= 15 is 0 Å². The average Bonchev–Trinajstić information content (AvgIpc) is 2.89. The van der Waals surface area contributed by atoms with E-state index in [1.807, 2.05) is 13.8 Å². The number of ether oxygens (including phenoxy) is 3. The normalized spacial score (nSPS) is 28.5. The van der Waals surface area contributed by atoms with Crippen LogP contribution in [-0.2, 0) is 28.6 Å². The predicted molar refractivity (Wildman–Crippen MR) is 87.2 cm³/mol. The summed E-state index contributed by atoms with van der Waals surface area (Å²) in [5.41, 5.74) is -0.585. The molecule has 2 fully saturated rings. The highest BCUT2D eigenvalue weighted by Gasteiger charge is 2.54. The van der Waals surface area contributed by atoms with Crippen LogP contribution in [0.2, 0.25) is 0 Å². The van der Waals surface area contributed by atoms with E-state index in [4.69, 9.17) is 14.2 Å². The molecule has 9 heteroatoms. The third kappa shape index (κ3) is 4.61. The van der Waals surface area contributed by atoms with Gasteiger partial charge in [0.1, 0.15) is 0 Å². The van der Waals surface area contributed by atoms with Gasteiger partial charge in [-0.1, -0.05) is 13.8 Å². The van der Waals surface area contributed by atoms with Gasteiger partial charge in [-0.25, -0.2) is 0 Å². The van der Waals surface area contributed by atoms with Crippen molar-refractivity contribution in [3.63, 3.8) is 0 Å². The number of thiol groups is 1. The molecule has 0 bridgehead atoms. The van der Waals surface area contributed by atoms with Crippen LogP contribution in [0.25, 0.3) is 0 Å². The zero-order chi connectivity index (χ0) is 17.8. The summed E-state index contributed by atoms with van der Waals surface area (Å²) in [7, 11) is 0. The third-order valence-electron chi connectivity index (χ3n) is 3.90. The Labute approximate surface area is 146 Å². The Hall–Kier alpha value is -1.32. The van der Waals surface area contributed by atoms with Crippen molar-refractivity contribution in [1.29, 1.82) is 0 Å². The average molecular weight is 360 g/mol. The molecule has 1 unspecified atom stereocenters. The third-order valence-corrected chi connectivity index (χ3v) is 4.12. The smallest absolute Gasteiger partial charge is 0.330 e. The number of carbonyl (C=O) groups excluding carboxylic acids is 3. The molecule has 1 spiro atoms. The fourth-order valence-electron chi connectivity index (χ4n) is 2.54. The lowest BCUT2D eigenvalue weighted by atomic mass is 9.85. The molecule has 0 aromatic carbocycles. The molecule has 2 aliphatic rings. The zero-order valence-corrected chi connectivity index (χ0v) is 14.8. The van der Waals surface area contributed by atoms with E-state index in [0.717, 1.165) is 0 Å². The first kappa shape index (κ1) is 19.0. The van der Waals surface area contributed by atoms with Gasteiger partial charge in [0.05, 0.1) is 19.4 Å². The first-order chi connectivity index (χ1) is 11.3. The van der Waals surface area contributed by atoms with Crippen molar-refractivity contribution in [2.45, 2.75) is 45.2 Å². The molecule has 2 aliphatic heterocycles. The van der Waals surface area contributed by atoms with Gasteiger partial charge in [-0.2, -0.15) is 12.6 Å². The fourth-order valence-corrected chi connectivity index (χ4v) is 2.66. The van der Waals surface area contributed by atoms with Gasteiger partial charge in [-0.05, 0) is 0 Å². The minimum atomic E-state index is -1.46. The first-order valence-corrected chi connectivity index (χ1v) is 8.60. The molecule has 2 N–H and O–H groups in total. The van der Waals surface area contributed by atoms with E-state index in [1.54, 1.807) is 0 Å². The highest BCUT2D eigenvalue weighted by atomic mass is 32.1. The van der Waals surface area contributed by atoms with E-state index in [-0.39, 0.29) is 44.2 Å². The molecule has 2 atom stereocenters. The lowest BCUT2D eigenvalue weighted by Gasteiger charge is -2.44. The van der Waals surface area contributed by atoms with Gasteiger partial charge in [-0.3, -0.25) is 14.4 Å². The van der Waals surface area contributed by atoms with Crippen LogP contribution in [0.4, 0.5) is 0 Å². The number of carbonyl (C=O) groups is 3. The summed E-state index contributed by atoms with van der Waals surface area (Å²) in [6.45, 7) is 4.57. The summed E-state index contributed by atoms with van der Waals surface area (Å²) in [5, 5.41) is 5.36. The number of hydrogen-bond acceptors (Lipinski definition) is 7. The summed E-state index contributed by atoms with van der Waals surface area (Å²) in [6.07, 6.45) is -0.209. The van der Waals surface area contributed by atoms with Crippen LogP contribution in [0, 0.1) is 5.41 Å². The molecule has 0 radical (unpaired) electrons. The number of rotatable bonds is 6. The minimum absolute atomic E-state index is 0.155. The maximum atomic E-state index is 12.5. The lowest BCUT2D eigenvalue weighted by Crippen LogP contribution is -2.58. The molecule has 2 amide bonds. The Morgan fingerprint density at radius 1 is 1.29 bits per heavy atom. The van der Waals surface area contributed by atoms with Gasteiger partial charge in [0.2, 0.25) is 11.8 Å². The van der Waals surface area contributed by atoms with Gasteiger partial charge in [-0.15, -0.1) is 0 Å². The molecule has 8 nitrogen and oxygen atoms in total. The highest BCUT2D eigenvalue weighted by Crippen LogP contribution is 2.41. The number of nitrogens with one attached hydrogen (secondary N) is 2. The van der Waals surface area contributed by atoms with Crippen molar-refractivity contribution < 1.29 is 28.6 Å². The highest BCUT2D eigenvalue weighted by molar-refractivity contribution is 7.80. The fraction of sp³-hybridized carbons (Fsp3) is 0.800. The summed E-state index contributed by atoms with van der Waals surface area (Å²) in [6, 6.07) is 0. The van der Waals surface area contributed by atoms with Crippen molar-refractivity contribution in [3.8, 4) is 0 Å². The van der Waals surface area contributed by atoms with E-state index in [0.29, 0.717) is 12.3 Å². The minimum Gasteiger partial charge on any atom is -0.408 e. The SMILES string of the molecule is CC1(C)COC2(CCC(=O)O2)O[C@H]1C(=O)NCCC(=O)NCCS. The number of hydrogen-bond donors (Lipinski definition) is 3. The van der Waals surface area contributed by atoms with Crippen LogP contribution in [0.15, 0.2) is 0 Å². The molecule has 24 heavy (non-hydrogen) atoms. The van der Waals surface area contributed by atoms with Gasteiger partial charge >= 0.3 is 11.9 Å². The second-order valence-electron chi connectivity index (χ2n) is 6.55. The lowest BCUT2D eigenvalue weighted by molar-refractivity contribution is -0.404. The Morgan fingerprint density at radius 2 is 2.04 bits per heavy atom. The molecule has 0 aliphatic carbocycles. The topological polar surface area (TPSA) is 103 Å². The molecule has 0 aromatic rings. The molecule has 0 saturated carbocycles. The zero-order valence-electron chi connectivity index (χ0n) is 13.9. The van der Waals surface area contributed by atoms with E-state index in [1.165, 1.54) is 0 Å². The van der Waals surface area contributed by atoms with E-state index < -0.39 is 23.5 Å². The standard InChI is InChI=1S/C15H24N2O6S/c1-14(2)9-21-15(5-3-11(19)22-15)23-12(14)13(20)17-6-4-10(18)16-7-8-24/h12,24H,3-9H2,1-2H3,(H,16,18)(H,17,20)/t12-,15?/m0/s1. The van der Waals surface area contributed by atoms with Crippen LogP contribution in [0.3, 0.4) is 0 Å². The Morgan fingerprint density at radius 3 is 2.67 bits per heavy atom. The second-order valence-corrected chi connectivity index (χ2v) is 6.99. The number of esters is 1. The van der Waals surface area contributed by atoms with Crippen LogP contribution in [-0.4, -0.2) is 55.3 Å². The van der Waals surface area contributed by atoms with Crippen molar-refractivity contribution in [1.82, 2.24) is 10.6 Å². The maximum Gasteiger partial charge on any atom is 0.330 e. The van der Waals surface area contributed by atoms with Gasteiger partial charge in [0.15, 0.2) is 6.10 Å². The molecule has 0 aromatic heterocycles. The Bertz CT molecular complexity index is 512. The summed E-state index contributed by atoms with van der Waals surface area (Å²) in [5.74, 6) is -1.82. The van der Waals surface area contributed by atoms with Crippen molar-refractivity contribution in [3.05, 3.63) is 0 Å². The summed E-state index contributed by atoms with van der Waals surface area (Å²) in [4.78, 5) is 35.3. The second kappa shape index (κ2) is 7.71. The van der Waals surface area contributed by atoms with Gasteiger partial charge < -0.3 is 24.8 Å². The van der Waals surface area contributed by atoms with E-state index in [9.17, 15) is 14.4 Å². The monoisotopic (exact) mass is 360 g/mol.